The van der Waals surface area contributed by atoms with Crippen LogP contribution in [0.3, 0.4) is 0 Å². The van der Waals surface area contributed by atoms with Crippen LogP contribution in [0.25, 0.3) is 0 Å². The Morgan fingerprint density at radius 3 is 2.62 bits per heavy atom. The minimum atomic E-state index is -1.02. The van der Waals surface area contributed by atoms with Crippen molar-refractivity contribution in [3.63, 3.8) is 0 Å². The second-order valence-corrected chi connectivity index (χ2v) is 4.33. The van der Waals surface area contributed by atoms with E-state index in [2.05, 4.69) is 5.32 Å². The summed E-state index contributed by atoms with van der Waals surface area (Å²) in [6.45, 7) is 1.35. The number of carbonyl (C=O) groups is 2. The Kier molecular flexibility index (Phi) is 3.19. The molecule has 2 N–H and O–H groups in total. The van der Waals surface area contributed by atoms with Gasteiger partial charge in [-0.3, -0.25) is 4.79 Å². The van der Waals surface area contributed by atoms with Crippen LogP contribution in [0, 0.1) is 0 Å². The molecule has 1 fully saturated rings. The SMILES string of the molecule is CC(=O)NC1(C(=O)O)CCCSC1. The van der Waals surface area contributed by atoms with Gasteiger partial charge in [0.1, 0.15) is 5.54 Å². The summed E-state index contributed by atoms with van der Waals surface area (Å²) >= 11 is 1.58. The van der Waals surface area contributed by atoms with Crippen LogP contribution >= 0.6 is 11.8 Å². The van der Waals surface area contributed by atoms with Crippen molar-refractivity contribution in [2.24, 2.45) is 0 Å². The van der Waals surface area contributed by atoms with Crippen molar-refractivity contribution in [2.45, 2.75) is 25.3 Å². The molecule has 1 rings (SSSR count). The highest BCUT2D eigenvalue weighted by Gasteiger charge is 2.40. The molecule has 1 heterocycles. The summed E-state index contributed by atoms with van der Waals surface area (Å²) in [5.74, 6) is 0.260. The van der Waals surface area contributed by atoms with Gasteiger partial charge in [-0.2, -0.15) is 11.8 Å². The zero-order chi connectivity index (χ0) is 9.90. The van der Waals surface area contributed by atoms with E-state index in [4.69, 9.17) is 5.11 Å². The number of amides is 1. The predicted octanol–water partition coefficient (Wildman–Crippen LogP) is 0.473. The molecule has 0 bridgehead atoms. The smallest absolute Gasteiger partial charge is 0.330 e. The number of hydrogen-bond donors (Lipinski definition) is 2. The maximum Gasteiger partial charge on any atom is 0.330 e. The number of carbonyl (C=O) groups excluding carboxylic acids is 1. The number of carboxylic acids is 1. The van der Waals surface area contributed by atoms with Crippen LogP contribution in [0.5, 0.6) is 0 Å². The number of hydrogen-bond acceptors (Lipinski definition) is 3. The van der Waals surface area contributed by atoms with Crippen LogP contribution in [0.1, 0.15) is 19.8 Å². The fourth-order valence-corrected chi connectivity index (χ4v) is 2.63. The average Bonchev–Trinajstić information content (AvgIpc) is 2.04. The van der Waals surface area contributed by atoms with Crippen molar-refractivity contribution < 1.29 is 14.7 Å². The van der Waals surface area contributed by atoms with E-state index in [-0.39, 0.29) is 5.91 Å². The Morgan fingerprint density at radius 1 is 1.54 bits per heavy atom. The maximum absolute atomic E-state index is 11.0. The molecule has 1 saturated heterocycles. The molecule has 0 aromatic rings. The quantitative estimate of drug-likeness (QED) is 0.684. The Morgan fingerprint density at radius 2 is 2.23 bits per heavy atom. The molecule has 0 aromatic heterocycles. The van der Waals surface area contributed by atoms with Gasteiger partial charge in [-0.05, 0) is 18.6 Å². The number of rotatable bonds is 2. The average molecular weight is 203 g/mol. The van der Waals surface area contributed by atoms with Crippen LogP contribution in [0.15, 0.2) is 0 Å². The molecule has 1 atom stereocenters. The fraction of sp³-hybridized carbons (Fsp3) is 0.750. The molecule has 0 aromatic carbocycles. The maximum atomic E-state index is 11.0. The summed E-state index contributed by atoms with van der Waals surface area (Å²) in [4.78, 5) is 21.8. The first-order valence-electron chi connectivity index (χ1n) is 4.17. The summed E-state index contributed by atoms with van der Waals surface area (Å²) in [6.07, 6.45) is 1.38. The minimum absolute atomic E-state index is 0.273. The highest BCUT2D eigenvalue weighted by molar-refractivity contribution is 7.99. The molecule has 0 saturated carbocycles. The summed E-state index contributed by atoms with van der Waals surface area (Å²) in [5.41, 5.74) is -1.02. The van der Waals surface area contributed by atoms with Gasteiger partial charge in [-0.1, -0.05) is 0 Å². The number of nitrogens with one attached hydrogen (secondary N) is 1. The van der Waals surface area contributed by atoms with Crippen molar-refractivity contribution >= 4 is 23.6 Å². The van der Waals surface area contributed by atoms with Gasteiger partial charge in [0.15, 0.2) is 0 Å². The lowest BCUT2D eigenvalue weighted by Gasteiger charge is -2.33. The van der Waals surface area contributed by atoms with Crippen LogP contribution in [-0.2, 0) is 9.59 Å². The summed E-state index contributed by atoms with van der Waals surface area (Å²) in [5, 5.41) is 11.5. The first kappa shape index (κ1) is 10.4. The second-order valence-electron chi connectivity index (χ2n) is 3.22. The van der Waals surface area contributed by atoms with E-state index < -0.39 is 11.5 Å². The van der Waals surface area contributed by atoms with Crippen molar-refractivity contribution in [2.75, 3.05) is 11.5 Å². The second kappa shape index (κ2) is 4.00. The molecule has 74 valence electrons. The zero-order valence-electron chi connectivity index (χ0n) is 7.50. The molecule has 1 amide bonds. The third-order valence-electron chi connectivity index (χ3n) is 2.07. The number of aliphatic carboxylic acids is 1. The van der Waals surface area contributed by atoms with E-state index in [1.807, 2.05) is 0 Å². The lowest BCUT2D eigenvalue weighted by molar-refractivity contribution is -0.146. The Bertz CT molecular complexity index is 223. The molecular formula is C8H13NO3S. The highest BCUT2D eigenvalue weighted by Crippen LogP contribution is 2.26. The van der Waals surface area contributed by atoms with Gasteiger partial charge in [0.25, 0.3) is 0 Å². The predicted molar refractivity (Wildman–Crippen MR) is 50.7 cm³/mol. The van der Waals surface area contributed by atoms with Gasteiger partial charge in [-0.15, -0.1) is 0 Å². The van der Waals surface area contributed by atoms with E-state index in [0.29, 0.717) is 12.2 Å². The van der Waals surface area contributed by atoms with Crippen molar-refractivity contribution in [1.29, 1.82) is 0 Å². The van der Waals surface area contributed by atoms with E-state index in [0.717, 1.165) is 12.2 Å². The number of thioether (sulfide) groups is 1. The van der Waals surface area contributed by atoms with Gasteiger partial charge >= 0.3 is 5.97 Å². The van der Waals surface area contributed by atoms with Gasteiger partial charge in [0, 0.05) is 12.7 Å². The van der Waals surface area contributed by atoms with Crippen LogP contribution < -0.4 is 5.32 Å². The summed E-state index contributed by atoms with van der Waals surface area (Å²) in [7, 11) is 0. The first-order chi connectivity index (χ1) is 6.07. The molecule has 5 heteroatoms. The zero-order valence-corrected chi connectivity index (χ0v) is 8.32. The third kappa shape index (κ3) is 2.37. The first-order valence-corrected chi connectivity index (χ1v) is 5.32. The summed E-state index contributed by atoms with van der Waals surface area (Å²) in [6, 6.07) is 0. The molecule has 13 heavy (non-hydrogen) atoms. The van der Waals surface area contributed by atoms with Gasteiger partial charge in [0.05, 0.1) is 0 Å². The monoisotopic (exact) mass is 203 g/mol. The fourth-order valence-electron chi connectivity index (χ4n) is 1.45. The number of carboxylic acid groups (broad SMARTS) is 1. The van der Waals surface area contributed by atoms with Crippen LogP contribution in [-0.4, -0.2) is 34.0 Å². The van der Waals surface area contributed by atoms with Crippen molar-refractivity contribution in [3.8, 4) is 0 Å². The van der Waals surface area contributed by atoms with Gasteiger partial charge in [0.2, 0.25) is 5.91 Å². The van der Waals surface area contributed by atoms with Crippen LogP contribution in [0.4, 0.5) is 0 Å². The lowest BCUT2D eigenvalue weighted by atomic mass is 9.95. The largest absolute Gasteiger partial charge is 0.479 e. The molecule has 0 radical (unpaired) electrons. The van der Waals surface area contributed by atoms with E-state index in [9.17, 15) is 9.59 Å². The molecule has 1 aliphatic rings. The topological polar surface area (TPSA) is 66.4 Å². The molecule has 1 aliphatic heterocycles. The molecular weight excluding hydrogens is 190 g/mol. The highest BCUT2D eigenvalue weighted by atomic mass is 32.2. The molecule has 1 unspecified atom stereocenters. The Balaban J connectivity index is 2.73. The van der Waals surface area contributed by atoms with E-state index >= 15 is 0 Å². The van der Waals surface area contributed by atoms with Gasteiger partial charge < -0.3 is 10.4 Å². The lowest BCUT2D eigenvalue weighted by Crippen LogP contribution is -2.57. The Hall–Kier alpha value is -0.710. The Labute approximate surface area is 81.1 Å². The van der Waals surface area contributed by atoms with Crippen molar-refractivity contribution in [1.82, 2.24) is 5.32 Å². The van der Waals surface area contributed by atoms with Crippen molar-refractivity contribution in [3.05, 3.63) is 0 Å². The third-order valence-corrected chi connectivity index (χ3v) is 3.34. The molecule has 0 aliphatic carbocycles. The van der Waals surface area contributed by atoms with Crippen LogP contribution in [0.2, 0.25) is 0 Å². The standard InChI is InChI=1S/C8H13NO3S/c1-6(10)9-8(7(11)12)3-2-4-13-5-8/h2-5H2,1H3,(H,9,10)(H,11,12). The normalized spacial score (nSPS) is 28.1. The van der Waals surface area contributed by atoms with E-state index in [1.165, 1.54) is 6.92 Å². The minimum Gasteiger partial charge on any atom is -0.479 e. The summed E-state index contributed by atoms with van der Waals surface area (Å²) < 4.78 is 0. The van der Waals surface area contributed by atoms with E-state index in [1.54, 1.807) is 11.8 Å². The molecule has 4 nitrogen and oxygen atoms in total. The molecule has 0 spiro atoms. The van der Waals surface area contributed by atoms with Gasteiger partial charge in [-0.25, -0.2) is 4.79 Å².